The summed E-state index contributed by atoms with van der Waals surface area (Å²) in [5.41, 5.74) is -2.70. The largest absolute Gasteiger partial charge is 0.477 e. The van der Waals surface area contributed by atoms with Gasteiger partial charge in [0.15, 0.2) is 17.3 Å². The van der Waals surface area contributed by atoms with Crippen LogP contribution in [0.2, 0.25) is 0 Å². The summed E-state index contributed by atoms with van der Waals surface area (Å²) in [4.78, 5) is 42.4. The van der Waals surface area contributed by atoms with Gasteiger partial charge in [-0.1, -0.05) is 0 Å². The zero-order valence-electron chi connectivity index (χ0n) is 20.8. The van der Waals surface area contributed by atoms with Gasteiger partial charge in [-0.2, -0.15) is 0 Å². The Morgan fingerprint density at radius 2 is 1.82 bits per heavy atom. The van der Waals surface area contributed by atoms with Crippen molar-refractivity contribution >= 4 is 28.9 Å². The van der Waals surface area contributed by atoms with Crippen molar-refractivity contribution in [3.8, 4) is 5.69 Å². The average Bonchev–Trinajstić information content (AvgIpc) is 3.26. The van der Waals surface area contributed by atoms with Crippen LogP contribution in [0, 0.1) is 35.2 Å². The summed E-state index contributed by atoms with van der Waals surface area (Å²) in [5, 5.41) is 11.9. The Morgan fingerprint density at radius 1 is 1.13 bits per heavy atom. The number of aromatic carboxylic acids is 1. The molecule has 0 bridgehead atoms. The van der Waals surface area contributed by atoms with Gasteiger partial charge in [0.1, 0.15) is 22.8 Å². The van der Waals surface area contributed by atoms with Crippen LogP contribution in [0.25, 0.3) is 16.7 Å². The number of hydrogen-bond donors (Lipinski definition) is 2. The van der Waals surface area contributed by atoms with Crippen LogP contribution in [0.3, 0.4) is 0 Å². The molecule has 2 N–H and O–H groups in total. The number of ether oxygens (including phenoxy) is 1. The minimum absolute atomic E-state index is 0.0673. The number of fused-ring (bicyclic) bond motifs is 2. The van der Waals surface area contributed by atoms with Gasteiger partial charge in [-0.3, -0.25) is 9.36 Å². The number of amides is 1. The van der Waals surface area contributed by atoms with Crippen molar-refractivity contribution in [1.29, 1.82) is 0 Å². The quantitative estimate of drug-likeness (QED) is 0.517. The number of nitrogens with one attached hydrogen (secondary N) is 1. The number of benzene rings is 1. The second kappa shape index (κ2) is 9.03. The van der Waals surface area contributed by atoms with E-state index in [1.807, 2.05) is 0 Å². The smallest absolute Gasteiger partial charge is 0.407 e. The summed E-state index contributed by atoms with van der Waals surface area (Å²) in [6.45, 7) is 6.63. The minimum atomic E-state index is -1.58. The molecule has 2 aromatic heterocycles. The van der Waals surface area contributed by atoms with E-state index in [-0.39, 0.29) is 40.3 Å². The normalized spacial score (nSPS) is 20.4. The molecule has 3 heterocycles. The lowest BCUT2D eigenvalue weighted by Crippen LogP contribution is -2.35. The standard InChI is InChI=1S/C26H25F3N4O5/c1-26(2,3)38-25(37)30-8-14-15-9-32(10-16(14)15)23-19(29)7-13-21(34)17(24(35)36)11-33(22(13)31-23)20-5-4-12(27)6-18(20)28/h4-7,11,14-16H,8-10H2,1-3H3,(H,30,37)(H,35,36)/t14?,15-,16+. The molecular formula is C26H25F3N4O5. The Bertz CT molecular complexity index is 1520. The molecule has 3 atom stereocenters. The Morgan fingerprint density at radius 3 is 2.42 bits per heavy atom. The van der Waals surface area contributed by atoms with E-state index in [0.29, 0.717) is 25.7 Å². The number of carboxylic acids is 1. The molecule has 1 saturated carbocycles. The molecule has 1 aliphatic heterocycles. The maximum Gasteiger partial charge on any atom is 0.407 e. The number of alkyl carbamates (subject to hydrolysis) is 1. The first-order valence-electron chi connectivity index (χ1n) is 12.0. The zero-order chi connectivity index (χ0) is 27.5. The van der Waals surface area contributed by atoms with Gasteiger partial charge in [-0.25, -0.2) is 27.7 Å². The van der Waals surface area contributed by atoms with Gasteiger partial charge in [0, 0.05) is 31.9 Å². The molecule has 1 aromatic carbocycles. The van der Waals surface area contributed by atoms with E-state index in [1.54, 1.807) is 25.7 Å². The first kappa shape index (κ1) is 25.6. The highest BCUT2D eigenvalue weighted by Crippen LogP contribution is 2.52. The number of pyridine rings is 2. The van der Waals surface area contributed by atoms with Crippen LogP contribution in [-0.4, -0.2) is 52.0 Å². The third-order valence-electron chi connectivity index (χ3n) is 6.86. The van der Waals surface area contributed by atoms with Crippen LogP contribution in [-0.2, 0) is 4.74 Å². The number of carbonyl (C=O) groups excluding carboxylic acids is 1. The van der Waals surface area contributed by atoms with Gasteiger partial charge < -0.3 is 20.1 Å². The van der Waals surface area contributed by atoms with Crippen LogP contribution in [0.15, 0.2) is 35.3 Å². The Kier molecular flexibility index (Phi) is 6.07. The van der Waals surface area contributed by atoms with E-state index in [9.17, 15) is 28.3 Å². The van der Waals surface area contributed by atoms with Gasteiger partial charge in [-0.15, -0.1) is 0 Å². The summed E-state index contributed by atoms with van der Waals surface area (Å²) in [5.74, 6) is -3.75. The maximum absolute atomic E-state index is 15.2. The number of rotatable bonds is 5. The summed E-state index contributed by atoms with van der Waals surface area (Å²) in [6, 6.07) is 3.57. The second-order valence-electron chi connectivity index (χ2n) is 10.6. The molecule has 0 spiro atoms. The van der Waals surface area contributed by atoms with Crippen LogP contribution < -0.4 is 15.6 Å². The van der Waals surface area contributed by atoms with Crippen LogP contribution >= 0.6 is 0 Å². The van der Waals surface area contributed by atoms with E-state index in [4.69, 9.17) is 4.74 Å². The molecule has 0 radical (unpaired) electrons. The molecule has 1 aliphatic carbocycles. The Labute approximate surface area is 214 Å². The lowest BCUT2D eigenvalue weighted by Gasteiger charge is -2.23. The number of halogens is 3. The van der Waals surface area contributed by atoms with Gasteiger partial charge in [0.2, 0.25) is 5.43 Å². The summed E-state index contributed by atoms with van der Waals surface area (Å²) in [6.07, 6.45) is 0.394. The number of aromatic nitrogens is 2. The van der Waals surface area contributed by atoms with E-state index < -0.39 is 46.1 Å². The fourth-order valence-electron chi connectivity index (χ4n) is 5.09. The number of nitrogens with zero attached hydrogens (tertiary/aromatic N) is 3. The van der Waals surface area contributed by atoms with E-state index in [0.717, 1.165) is 29.0 Å². The Balaban J connectivity index is 1.44. The van der Waals surface area contributed by atoms with Crippen molar-refractivity contribution in [2.24, 2.45) is 17.8 Å². The molecule has 2 fully saturated rings. The van der Waals surface area contributed by atoms with Gasteiger partial charge in [-0.05, 0) is 56.7 Å². The summed E-state index contributed by atoms with van der Waals surface area (Å²) >= 11 is 0. The lowest BCUT2D eigenvalue weighted by molar-refractivity contribution is 0.0523. The molecule has 1 amide bonds. The zero-order valence-corrected chi connectivity index (χ0v) is 20.8. The van der Waals surface area contributed by atoms with Crippen molar-refractivity contribution in [1.82, 2.24) is 14.9 Å². The molecule has 3 aromatic rings. The van der Waals surface area contributed by atoms with E-state index >= 15 is 4.39 Å². The highest BCUT2D eigenvalue weighted by Gasteiger charge is 2.56. The second-order valence-corrected chi connectivity index (χ2v) is 10.6. The van der Waals surface area contributed by atoms with Crippen molar-refractivity contribution < 1.29 is 32.6 Å². The number of anilines is 1. The van der Waals surface area contributed by atoms with Crippen molar-refractivity contribution in [2.45, 2.75) is 26.4 Å². The number of carbonyl (C=O) groups is 2. The van der Waals surface area contributed by atoms with E-state index in [2.05, 4.69) is 10.3 Å². The van der Waals surface area contributed by atoms with Crippen LogP contribution in [0.4, 0.5) is 23.8 Å². The van der Waals surface area contributed by atoms with Crippen LogP contribution in [0.1, 0.15) is 31.1 Å². The van der Waals surface area contributed by atoms with Gasteiger partial charge in [0.25, 0.3) is 0 Å². The fraction of sp³-hybridized carbons (Fsp3) is 0.385. The van der Waals surface area contributed by atoms with E-state index in [1.165, 1.54) is 0 Å². The average molecular weight is 531 g/mol. The Hall–Kier alpha value is -4.09. The fourth-order valence-corrected chi connectivity index (χ4v) is 5.09. The highest BCUT2D eigenvalue weighted by atomic mass is 19.1. The third-order valence-corrected chi connectivity index (χ3v) is 6.86. The first-order valence-corrected chi connectivity index (χ1v) is 12.0. The monoisotopic (exact) mass is 530 g/mol. The molecule has 2 aliphatic rings. The minimum Gasteiger partial charge on any atom is -0.477 e. The molecule has 1 saturated heterocycles. The maximum atomic E-state index is 15.2. The van der Waals surface area contributed by atoms with Gasteiger partial charge in [0.05, 0.1) is 11.1 Å². The molecule has 9 nitrogen and oxygen atoms in total. The van der Waals surface area contributed by atoms with Gasteiger partial charge >= 0.3 is 12.1 Å². The third kappa shape index (κ3) is 4.66. The van der Waals surface area contributed by atoms with Crippen LogP contribution in [0.5, 0.6) is 0 Å². The van der Waals surface area contributed by atoms with Crippen molar-refractivity contribution in [3.05, 3.63) is 63.7 Å². The molecule has 5 rings (SSSR count). The first-order chi connectivity index (χ1) is 17.8. The molecule has 38 heavy (non-hydrogen) atoms. The predicted molar refractivity (Wildman–Crippen MR) is 131 cm³/mol. The molecule has 200 valence electrons. The highest BCUT2D eigenvalue weighted by molar-refractivity contribution is 5.92. The predicted octanol–water partition coefficient (Wildman–Crippen LogP) is 3.71. The number of carboxylic acid groups (broad SMARTS) is 1. The lowest BCUT2D eigenvalue weighted by atomic mass is 10.1. The van der Waals surface area contributed by atoms with Crippen molar-refractivity contribution in [3.63, 3.8) is 0 Å². The molecule has 12 heteroatoms. The number of piperidine rings is 1. The van der Waals surface area contributed by atoms with Crippen molar-refractivity contribution in [2.75, 3.05) is 24.5 Å². The topological polar surface area (TPSA) is 114 Å². The SMILES string of the molecule is CC(C)(C)OC(=O)NCC1[C@H]2CN(c3nc4c(cc3F)c(=O)c(C(=O)O)cn4-c3ccc(F)cc3F)C[C@@H]12. The molecular weight excluding hydrogens is 505 g/mol. The molecule has 1 unspecified atom stereocenters. The summed E-state index contributed by atoms with van der Waals surface area (Å²) in [7, 11) is 0. The summed E-state index contributed by atoms with van der Waals surface area (Å²) < 4.78 is 49.6. The number of hydrogen-bond acceptors (Lipinski definition) is 6.